The monoisotopic (exact) mass is 253 g/mol. The maximum atomic E-state index is 12.0. The quantitative estimate of drug-likeness (QED) is 0.335. The molecule has 18 heavy (non-hydrogen) atoms. The molecule has 0 aromatic rings. The molecule has 0 bridgehead atoms. The van der Waals surface area contributed by atoms with Crippen molar-refractivity contribution in [3.05, 3.63) is 22.8 Å². The zero-order valence-corrected chi connectivity index (χ0v) is 13.1. The molecule has 3 nitrogen and oxygen atoms in total. The highest BCUT2D eigenvalue weighted by atomic mass is 16.1. The molecule has 1 amide bonds. The van der Waals surface area contributed by atoms with Crippen molar-refractivity contribution in [2.24, 2.45) is 0 Å². The van der Waals surface area contributed by atoms with Gasteiger partial charge < -0.3 is 9.80 Å². The molecule has 0 atom stereocenters. The maximum Gasteiger partial charge on any atom is 0.251 e. The van der Waals surface area contributed by atoms with Gasteiger partial charge in [0.15, 0.2) is 0 Å². The Morgan fingerprint density at radius 2 is 1.67 bits per heavy atom. The average Bonchev–Trinajstić information content (AvgIpc) is 2.18. The van der Waals surface area contributed by atoms with E-state index in [9.17, 15) is 4.79 Å². The van der Waals surface area contributed by atoms with Gasteiger partial charge in [-0.15, -0.1) is 0 Å². The Hall–Kier alpha value is -1.09. The molecule has 0 aliphatic rings. The average molecular weight is 253 g/mol. The van der Waals surface area contributed by atoms with Crippen LogP contribution in [0.5, 0.6) is 0 Å². The fourth-order valence-corrected chi connectivity index (χ4v) is 1.58. The molecule has 0 fully saturated rings. The van der Waals surface area contributed by atoms with Crippen LogP contribution in [0.2, 0.25) is 0 Å². The first-order valence-corrected chi connectivity index (χ1v) is 6.54. The van der Waals surface area contributed by atoms with Crippen molar-refractivity contribution in [3.63, 3.8) is 0 Å². The van der Waals surface area contributed by atoms with E-state index in [4.69, 9.17) is 0 Å². The van der Waals surface area contributed by atoms with Crippen LogP contribution in [0.25, 0.3) is 0 Å². The number of hydrogen-bond acceptors (Lipinski definition) is 1. The van der Waals surface area contributed by atoms with E-state index >= 15 is 0 Å². The molecule has 3 heteroatoms. The third kappa shape index (κ3) is 8.07. The molecule has 0 radical (unpaired) electrons. The molecule has 0 aliphatic heterocycles. The van der Waals surface area contributed by atoms with E-state index in [0.29, 0.717) is 0 Å². The Kier molecular flexibility index (Phi) is 6.92. The fraction of sp³-hybridized carbons (Fsp3) is 0.667. The van der Waals surface area contributed by atoms with Crippen LogP contribution in [-0.2, 0) is 4.79 Å². The zero-order chi connectivity index (χ0) is 14.3. The van der Waals surface area contributed by atoms with Gasteiger partial charge in [0, 0.05) is 18.5 Å². The van der Waals surface area contributed by atoms with Crippen molar-refractivity contribution in [2.75, 3.05) is 34.2 Å². The molecule has 0 aliphatic carbocycles. The Morgan fingerprint density at radius 3 is 2.06 bits per heavy atom. The number of hydrogen-bond donors (Lipinski definition) is 1. The lowest BCUT2D eigenvalue weighted by Crippen LogP contribution is -2.37. The Bertz CT molecular complexity index is 338. The van der Waals surface area contributed by atoms with E-state index in [1.54, 1.807) is 0 Å². The molecule has 0 saturated heterocycles. The van der Waals surface area contributed by atoms with Gasteiger partial charge in [-0.2, -0.15) is 0 Å². The summed E-state index contributed by atoms with van der Waals surface area (Å²) in [6, 6.07) is 0. The van der Waals surface area contributed by atoms with E-state index in [2.05, 4.69) is 26.5 Å². The summed E-state index contributed by atoms with van der Waals surface area (Å²) in [7, 11) is 6.48. The summed E-state index contributed by atoms with van der Waals surface area (Å²) in [5.41, 5.74) is 2.99. The second-order valence-electron chi connectivity index (χ2n) is 6.26. The molecular weight excluding hydrogens is 224 g/mol. The van der Waals surface area contributed by atoms with Crippen LogP contribution < -0.4 is 5.32 Å². The standard InChI is InChI=1S/C15H28N2O/c1-12(2)11-14(13(3)4)15(18)16-9-8-10-17(5,6)7/h11H,8-10H2,1-7H3/p+1. The van der Waals surface area contributed by atoms with Gasteiger partial charge in [0.05, 0.1) is 27.7 Å². The lowest BCUT2D eigenvalue weighted by molar-refractivity contribution is -0.870. The number of allylic oxidation sites excluding steroid dienone is 2. The summed E-state index contributed by atoms with van der Waals surface area (Å²) >= 11 is 0. The van der Waals surface area contributed by atoms with Crippen molar-refractivity contribution >= 4 is 5.91 Å². The van der Waals surface area contributed by atoms with E-state index in [1.165, 1.54) is 0 Å². The van der Waals surface area contributed by atoms with Crippen molar-refractivity contribution in [1.82, 2.24) is 5.32 Å². The minimum atomic E-state index is 0.0395. The zero-order valence-electron chi connectivity index (χ0n) is 13.1. The molecule has 0 saturated carbocycles. The van der Waals surface area contributed by atoms with Gasteiger partial charge in [-0.25, -0.2) is 0 Å². The van der Waals surface area contributed by atoms with Crippen molar-refractivity contribution < 1.29 is 9.28 Å². The smallest absolute Gasteiger partial charge is 0.251 e. The van der Waals surface area contributed by atoms with E-state index in [1.807, 2.05) is 33.8 Å². The SMILES string of the molecule is CC(C)=CC(C(=O)NCCC[N+](C)(C)C)=C(C)C. The maximum absolute atomic E-state index is 12.0. The van der Waals surface area contributed by atoms with Gasteiger partial charge in [-0.05, 0) is 27.7 Å². The summed E-state index contributed by atoms with van der Waals surface area (Å²) in [5.74, 6) is 0.0395. The molecule has 0 aromatic carbocycles. The van der Waals surface area contributed by atoms with Gasteiger partial charge in [0.25, 0.3) is 5.91 Å². The number of rotatable bonds is 6. The number of carbonyl (C=O) groups is 1. The molecule has 0 rings (SSSR count). The second-order valence-corrected chi connectivity index (χ2v) is 6.26. The van der Waals surface area contributed by atoms with Gasteiger partial charge in [0.2, 0.25) is 0 Å². The predicted molar refractivity (Wildman–Crippen MR) is 78.3 cm³/mol. The lowest BCUT2D eigenvalue weighted by Gasteiger charge is -2.23. The second kappa shape index (κ2) is 7.37. The van der Waals surface area contributed by atoms with Crippen molar-refractivity contribution in [2.45, 2.75) is 34.1 Å². The van der Waals surface area contributed by atoms with Gasteiger partial charge >= 0.3 is 0 Å². The number of amides is 1. The fourth-order valence-electron chi connectivity index (χ4n) is 1.58. The van der Waals surface area contributed by atoms with Gasteiger partial charge in [-0.1, -0.05) is 17.2 Å². The summed E-state index contributed by atoms with van der Waals surface area (Å²) < 4.78 is 0.930. The van der Waals surface area contributed by atoms with Crippen molar-refractivity contribution in [1.29, 1.82) is 0 Å². The van der Waals surface area contributed by atoms with Crippen LogP contribution >= 0.6 is 0 Å². The first kappa shape index (κ1) is 16.9. The minimum Gasteiger partial charge on any atom is -0.352 e. The highest BCUT2D eigenvalue weighted by molar-refractivity contribution is 5.96. The third-order valence-corrected chi connectivity index (χ3v) is 2.51. The summed E-state index contributed by atoms with van der Waals surface area (Å²) in [4.78, 5) is 12.0. The Labute approximate surface area is 112 Å². The van der Waals surface area contributed by atoms with Crippen LogP contribution in [0.4, 0.5) is 0 Å². The highest BCUT2D eigenvalue weighted by Gasteiger charge is 2.10. The number of nitrogens with one attached hydrogen (secondary N) is 1. The Balaban J connectivity index is 4.32. The van der Waals surface area contributed by atoms with Gasteiger partial charge in [-0.3, -0.25) is 4.79 Å². The van der Waals surface area contributed by atoms with Crippen LogP contribution in [0, 0.1) is 0 Å². The third-order valence-electron chi connectivity index (χ3n) is 2.51. The summed E-state index contributed by atoms with van der Waals surface area (Å²) in [5, 5.41) is 2.99. The minimum absolute atomic E-state index is 0.0395. The van der Waals surface area contributed by atoms with Gasteiger partial charge in [0.1, 0.15) is 0 Å². The summed E-state index contributed by atoms with van der Waals surface area (Å²) in [6.45, 7) is 9.76. The molecule has 0 heterocycles. The molecule has 0 unspecified atom stereocenters. The number of carbonyl (C=O) groups excluding carboxylic acids is 1. The van der Waals surface area contributed by atoms with Crippen LogP contribution in [0.3, 0.4) is 0 Å². The van der Waals surface area contributed by atoms with E-state index in [-0.39, 0.29) is 5.91 Å². The van der Waals surface area contributed by atoms with Crippen LogP contribution in [0.15, 0.2) is 22.8 Å². The Morgan fingerprint density at radius 1 is 1.11 bits per heavy atom. The number of nitrogens with zero attached hydrogens (tertiary/aromatic N) is 1. The normalized spacial score (nSPS) is 10.8. The number of quaternary nitrogens is 1. The first-order chi connectivity index (χ1) is 8.13. The van der Waals surface area contributed by atoms with E-state index in [0.717, 1.165) is 40.7 Å². The first-order valence-electron chi connectivity index (χ1n) is 6.54. The summed E-state index contributed by atoms with van der Waals surface area (Å²) in [6.07, 6.45) is 2.95. The molecule has 0 spiro atoms. The molecule has 0 aromatic heterocycles. The van der Waals surface area contributed by atoms with Crippen molar-refractivity contribution in [3.8, 4) is 0 Å². The van der Waals surface area contributed by atoms with E-state index < -0.39 is 0 Å². The topological polar surface area (TPSA) is 29.1 Å². The van der Waals surface area contributed by atoms with Crippen LogP contribution in [-0.4, -0.2) is 44.6 Å². The predicted octanol–water partition coefficient (Wildman–Crippen LogP) is 2.50. The highest BCUT2D eigenvalue weighted by Crippen LogP contribution is 2.08. The largest absolute Gasteiger partial charge is 0.352 e. The van der Waals surface area contributed by atoms with Crippen LogP contribution in [0.1, 0.15) is 34.1 Å². The molecule has 1 N–H and O–H groups in total. The lowest BCUT2D eigenvalue weighted by atomic mass is 10.1. The molecular formula is C15H29N2O+. The molecule has 104 valence electrons.